The second kappa shape index (κ2) is 6.53. The summed E-state index contributed by atoms with van der Waals surface area (Å²) in [7, 11) is 1.62. The average Bonchev–Trinajstić information content (AvgIpc) is 2.47. The monoisotopic (exact) mass is 337 g/mol. The Kier molecular flexibility index (Phi) is 4.75. The van der Waals surface area contributed by atoms with Gasteiger partial charge in [0.15, 0.2) is 0 Å². The van der Waals surface area contributed by atoms with Gasteiger partial charge in [-0.25, -0.2) is 15.8 Å². The predicted molar refractivity (Wildman–Crippen MR) is 83.2 cm³/mol. The molecule has 2 rings (SSSR count). The first-order chi connectivity index (χ1) is 9.66. The zero-order valence-corrected chi connectivity index (χ0v) is 12.9. The molecule has 1 heterocycles. The highest BCUT2D eigenvalue weighted by atomic mass is 79.9. The highest BCUT2D eigenvalue weighted by Crippen LogP contribution is 2.30. The van der Waals surface area contributed by atoms with Crippen LogP contribution in [0.4, 0.5) is 17.3 Å². The van der Waals surface area contributed by atoms with Gasteiger partial charge in [0.2, 0.25) is 0 Å². The third-order valence-corrected chi connectivity index (χ3v) is 3.15. The van der Waals surface area contributed by atoms with E-state index in [2.05, 4.69) is 36.6 Å². The molecule has 0 aliphatic carbocycles. The van der Waals surface area contributed by atoms with Crippen LogP contribution in [-0.4, -0.2) is 17.1 Å². The Labute approximate surface area is 125 Å². The van der Waals surface area contributed by atoms with Crippen LogP contribution in [0.25, 0.3) is 0 Å². The lowest BCUT2D eigenvalue weighted by atomic mass is 10.3. The number of nitrogen functional groups attached to an aromatic ring is 1. The number of rotatable bonds is 5. The summed E-state index contributed by atoms with van der Waals surface area (Å²) in [5.41, 5.74) is 3.35. The van der Waals surface area contributed by atoms with Crippen LogP contribution in [0.1, 0.15) is 12.7 Å². The van der Waals surface area contributed by atoms with Crippen LogP contribution in [-0.2, 0) is 6.42 Å². The summed E-state index contributed by atoms with van der Waals surface area (Å²) < 4.78 is 6.27. The highest BCUT2D eigenvalue weighted by Gasteiger charge is 2.07. The molecule has 20 heavy (non-hydrogen) atoms. The van der Waals surface area contributed by atoms with Gasteiger partial charge in [0.1, 0.15) is 23.2 Å². The fraction of sp³-hybridized carbons (Fsp3) is 0.231. The molecular weight excluding hydrogens is 322 g/mol. The molecule has 0 aliphatic rings. The van der Waals surface area contributed by atoms with E-state index >= 15 is 0 Å². The summed E-state index contributed by atoms with van der Waals surface area (Å²) in [4.78, 5) is 8.66. The van der Waals surface area contributed by atoms with Crippen LogP contribution in [0.2, 0.25) is 0 Å². The number of ether oxygens (including phenoxy) is 1. The minimum Gasteiger partial charge on any atom is -0.495 e. The number of aryl methyl sites for hydroxylation is 1. The van der Waals surface area contributed by atoms with E-state index in [4.69, 9.17) is 10.6 Å². The quantitative estimate of drug-likeness (QED) is 0.574. The van der Waals surface area contributed by atoms with E-state index < -0.39 is 0 Å². The number of nitrogens with one attached hydrogen (secondary N) is 2. The number of aromatic nitrogens is 2. The zero-order chi connectivity index (χ0) is 14.5. The van der Waals surface area contributed by atoms with Gasteiger partial charge in [-0.1, -0.05) is 22.9 Å². The number of hydrogen-bond donors (Lipinski definition) is 3. The van der Waals surface area contributed by atoms with E-state index in [0.29, 0.717) is 17.5 Å². The fourth-order valence-electron chi connectivity index (χ4n) is 1.71. The van der Waals surface area contributed by atoms with Crippen molar-refractivity contribution in [1.82, 2.24) is 9.97 Å². The van der Waals surface area contributed by atoms with Crippen molar-refractivity contribution in [2.45, 2.75) is 13.3 Å². The molecular formula is C13H16BrN5O. The lowest BCUT2D eigenvalue weighted by Crippen LogP contribution is -2.11. The number of benzene rings is 1. The molecule has 106 valence electrons. The molecule has 7 heteroatoms. The van der Waals surface area contributed by atoms with Crippen molar-refractivity contribution in [2.75, 3.05) is 17.9 Å². The standard InChI is InChI=1S/C13H16BrN5O/c1-3-11-17-12(7-13(18-11)19-15)16-9-6-8(14)4-5-10(9)20-2/h4-7H,3,15H2,1-2H3,(H2,16,17,18,19). The minimum atomic E-state index is 0.563. The van der Waals surface area contributed by atoms with Gasteiger partial charge in [0.05, 0.1) is 12.8 Å². The fourth-order valence-corrected chi connectivity index (χ4v) is 2.07. The number of nitrogens with zero attached hydrogens (tertiary/aromatic N) is 2. The smallest absolute Gasteiger partial charge is 0.145 e. The van der Waals surface area contributed by atoms with Crippen molar-refractivity contribution >= 4 is 33.3 Å². The topological polar surface area (TPSA) is 85.1 Å². The molecule has 0 aliphatic heterocycles. The summed E-state index contributed by atoms with van der Waals surface area (Å²) in [5, 5.41) is 3.21. The molecule has 6 nitrogen and oxygen atoms in total. The molecule has 1 aromatic heterocycles. The Morgan fingerprint density at radius 2 is 2.00 bits per heavy atom. The SMILES string of the molecule is CCc1nc(NN)cc(Nc2cc(Br)ccc2OC)n1. The zero-order valence-electron chi connectivity index (χ0n) is 11.3. The molecule has 0 radical (unpaired) electrons. The second-order valence-electron chi connectivity index (χ2n) is 4.02. The summed E-state index contributed by atoms with van der Waals surface area (Å²) in [6.07, 6.45) is 0.722. The maximum atomic E-state index is 5.42. The van der Waals surface area contributed by atoms with E-state index in [0.717, 1.165) is 22.3 Å². The first-order valence-electron chi connectivity index (χ1n) is 6.11. The largest absolute Gasteiger partial charge is 0.495 e. The number of methoxy groups -OCH3 is 1. The summed E-state index contributed by atoms with van der Waals surface area (Å²) in [6, 6.07) is 7.44. The van der Waals surface area contributed by atoms with Gasteiger partial charge in [-0.3, -0.25) is 0 Å². The molecule has 0 spiro atoms. The third kappa shape index (κ3) is 3.37. The van der Waals surface area contributed by atoms with E-state index in [1.54, 1.807) is 13.2 Å². The van der Waals surface area contributed by atoms with Crippen molar-refractivity contribution in [3.63, 3.8) is 0 Å². The Hall–Kier alpha value is -1.86. The van der Waals surface area contributed by atoms with Crippen molar-refractivity contribution < 1.29 is 4.74 Å². The van der Waals surface area contributed by atoms with Crippen molar-refractivity contribution in [1.29, 1.82) is 0 Å². The number of anilines is 3. The van der Waals surface area contributed by atoms with Gasteiger partial charge in [-0.05, 0) is 18.2 Å². The molecule has 2 aromatic rings. The number of halogens is 1. The first-order valence-corrected chi connectivity index (χ1v) is 6.90. The van der Waals surface area contributed by atoms with Crippen LogP contribution in [0.15, 0.2) is 28.7 Å². The molecule has 0 saturated heterocycles. The van der Waals surface area contributed by atoms with Crippen LogP contribution < -0.4 is 21.3 Å². The van der Waals surface area contributed by atoms with Gasteiger partial charge in [0.25, 0.3) is 0 Å². The molecule has 0 atom stereocenters. The van der Waals surface area contributed by atoms with E-state index in [1.807, 2.05) is 25.1 Å². The van der Waals surface area contributed by atoms with Crippen molar-refractivity contribution in [3.8, 4) is 5.75 Å². The lowest BCUT2D eigenvalue weighted by molar-refractivity contribution is 0.416. The molecule has 0 unspecified atom stereocenters. The van der Waals surface area contributed by atoms with Crippen LogP contribution in [0, 0.1) is 0 Å². The van der Waals surface area contributed by atoms with E-state index in [9.17, 15) is 0 Å². The van der Waals surface area contributed by atoms with Gasteiger partial charge < -0.3 is 15.5 Å². The maximum absolute atomic E-state index is 5.42. The third-order valence-electron chi connectivity index (χ3n) is 2.66. The van der Waals surface area contributed by atoms with Gasteiger partial charge in [-0.15, -0.1) is 0 Å². The molecule has 0 bridgehead atoms. The summed E-state index contributed by atoms with van der Waals surface area (Å²) in [5.74, 6) is 8.07. The number of hydrazine groups is 1. The molecule has 0 saturated carbocycles. The van der Waals surface area contributed by atoms with E-state index in [-0.39, 0.29) is 0 Å². The van der Waals surface area contributed by atoms with Crippen molar-refractivity contribution in [3.05, 3.63) is 34.6 Å². The van der Waals surface area contributed by atoms with Crippen LogP contribution >= 0.6 is 15.9 Å². The second-order valence-corrected chi connectivity index (χ2v) is 4.94. The molecule has 1 aromatic carbocycles. The van der Waals surface area contributed by atoms with Crippen LogP contribution in [0.3, 0.4) is 0 Å². The number of nitrogens with two attached hydrogens (primary N) is 1. The van der Waals surface area contributed by atoms with E-state index in [1.165, 1.54) is 0 Å². The molecule has 4 N–H and O–H groups in total. The van der Waals surface area contributed by atoms with Gasteiger partial charge in [0, 0.05) is 17.0 Å². The highest BCUT2D eigenvalue weighted by molar-refractivity contribution is 9.10. The van der Waals surface area contributed by atoms with Crippen LogP contribution in [0.5, 0.6) is 5.75 Å². The Morgan fingerprint density at radius 3 is 2.65 bits per heavy atom. The maximum Gasteiger partial charge on any atom is 0.145 e. The predicted octanol–water partition coefficient (Wildman–Crippen LogP) is 2.84. The van der Waals surface area contributed by atoms with Gasteiger partial charge >= 0.3 is 0 Å². The van der Waals surface area contributed by atoms with Crippen molar-refractivity contribution in [2.24, 2.45) is 5.84 Å². The Morgan fingerprint density at radius 1 is 1.25 bits per heavy atom. The summed E-state index contributed by atoms with van der Waals surface area (Å²) in [6.45, 7) is 1.99. The molecule has 0 fully saturated rings. The minimum absolute atomic E-state index is 0.563. The molecule has 0 amide bonds. The van der Waals surface area contributed by atoms with Gasteiger partial charge in [-0.2, -0.15) is 0 Å². The number of hydrogen-bond acceptors (Lipinski definition) is 6. The first kappa shape index (κ1) is 14.5. The Balaban J connectivity index is 2.36. The lowest BCUT2D eigenvalue weighted by Gasteiger charge is -2.12. The summed E-state index contributed by atoms with van der Waals surface area (Å²) >= 11 is 3.43. The normalized spacial score (nSPS) is 10.2. The Bertz CT molecular complexity index is 583. The average molecular weight is 338 g/mol.